The first-order valence-electron chi connectivity index (χ1n) is 13.8. The molecule has 3 heterocycles. The van der Waals surface area contributed by atoms with Crippen LogP contribution in [0.5, 0.6) is 0 Å². The first-order chi connectivity index (χ1) is 18.8. The summed E-state index contributed by atoms with van der Waals surface area (Å²) >= 11 is 5.84. The van der Waals surface area contributed by atoms with E-state index in [-0.39, 0.29) is 5.02 Å². The molecule has 0 radical (unpaired) electrons. The van der Waals surface area contributed by atoms with E-state index in [1.165, 1.54) is 31.7 Å². The van der Waals surface area contributed by atoms with E-state index in [0.717, 1.165) is 55.3 Å². The number of fused-ring (bicyclic) bond motifs is 2. The van der Waals surface area contributed by atoms with E-state index in [1.807, 2.05) is 0 Å². The number of alkyl halides is 3. The topological polar surface area (TPSA) is 74.7 Å². The Kier molecular flexibility index (Phi) is 7.18. The van der Waals surface area contributed by atoms with Gasteiger partial charge in [-0.05, 0) is 76.2 Å². The predicted molar refractivity (Wildman–Crippen MR) is 147 cm³/mol. The van der Waals surface area contributed by atoms with Crippen LogP contribution in [0.2, 0.25) is 5.02 Å². The number of hydrogen-bond acceptors (Lipinski definition) is 5. The van der Waals surface area contributed by atoms with Gasteiger partial charge in [0, 0.05) is 31.2 Å². The summed E-state index contributed by atoms with van der Waals surface area (Å²) in [6.45, 7) is 1.98. The van der Waals surface area contributed by atoms with Gasteiger partial charge in [0.1, 0.15) is 23.6 Å². The molecule has 0 bridgehead atoms. The van der Waals surface area contributed by atoms with Crippen LogP contribution in [0.25, 0.3) is 22.1 Å². The molecule has 3 aromatic heterocycles. The summed E-state index contributed by atoms with van der Waals surface area (Å²) in [4.78, 5) is 19.0. The number of benzene rings is 1. The molecule has 6 rings (SSSR count). The standard InChI is InChI=1S/C28H33ClF3N7/c1-38(11-3-2-7-25-36-22-13-20(28(30,31)32)21(29)14-23(22)37-25)15-17-5-4-6-24(17)39-12-10-19-26(35-18-8-9-18)33-16-34-27(19)39/h10,12-14,16-18,24H,2-9,11,15H2,1H3,(H,36,37)(H,33,34,35)/t17-,24?/m0/s1. The number of anilines is 1. The molecule has 0 amide bonds. The van der Waals surface area contributed by atoms with Crippen LogP contribution in [-0.4, -0.2) is 55.6 Å². The van der Waals surface area contributed by atoms with Crippen molar-refractivity contribution in [2.24, 2.45) is 5.92 Å². The summed E-state index contributed by atoms with van der Waals surface area (Å²) in [5.74, 6) is 2.19. The van der Waals surface area contributed by atoms with Gasteiger partial charge in [-0.25, -0.2) is 15.0 Å². The average Bonchev–Trinajstić information content (AvgIpc) is 3.24. The van der Waals surface area contributed by atoms with Crippen molar-refractivity contribution in [2.75, 3.05) is 25.5 Å². The largest absolute Gasteiger partial charge is 0.417 e. The summed E-state index contributed by atoms with van der Waals surface area (Å²) in [6, 6.07) is 5.46. The number of aromatic nitrogens is 5. The summed E-state index contributed by atoms with van der Waals surface area (Å²) in [5.41, 5.74) is 1.01. The van der Waals surface area contributed by atoms with Crippen molar-refractivity contribution in [1.29, 1.82) is 0 Å². The minimum absolute atomic E-state index is 0.324. The van der Waals surface area contributed by atoms with Gasteiger partial charge in [-0.15, -0.1) is 0 Å². The van der Waals surface area contributed by atoms with Crippen LogP contribution in [0.3, 0.4) is 0 Å². The third-order valence-corrected chi connectivity index (χ3v) is 8.39. The highest BCUT2D eigenvalue weighted by Crippen LogP contribution is 2.39. The number of imidazole rings is 1. The van der Waals surface area contributed by atoms with Crippen LogP contribution >= 0.6 is 11.6 Å². The number of halogens is 4. The van der Waals surface area contributed by atoms with Crippen molar-refractivity contribution in [2.45, 2.75) is 69.6 Å². The smallest absolute Gasteiger partial charge is 0.367 e. The molecule has 11 heteroatoms. The number of rotatable bonds is 10. The van der Waals surface area contributed by atoms with Crippen molar-refractivity contribution in [3.8, 4) is 0 Å². The Bertz CT molecular complexity index is 1460. The summed E-state index contributed by atoms with van der Waals surface area (Å²) < 4.78 is 41.8. The highest BCUT2D eigenvalue weighted by atomic mass is 35.5. The Hall–Kier alpha value is -2.85. The van der Waals surface area contributed by atoms with Crippen molar-refractivity contribution in [1.82, 2.24) is 29.4 Å². The molecular formula is C28H33ClF3N7. The minimum atomic E-state index is -4.49. The van der Waals surface area contributed by atoms with Crippen molar-refractivity contribution >= 4 is 39.5 Å². The number of nitrogens with one attached hydrogen (secondary N) is 2. The van der Waals surface area contributed by atoms with Gasteiger partial charge in [-0.1, -0.05) is 18.0 Å². The van der Waals surface area contributed by atoms with Gasteiger partial charge < -0.3 is 19.8 Å². The van der Waals surface area contributed by atoms with E-state index >= 15 is 0 Å². The summed E-state index contributed by atoms with van der Waals surface area (Å²) in [5, 5.41) is 4.31. The quantitative estimate of drug-likeness (QED) is 0.208. The maximum Gasteiger partial charge on any atom is 0.417 e. The lowest BCUT2D eigenvalue weighted by atomic mass is 10.0. The Morgan fingerprint density at radius 3 is 2.79 bits per heavy atom. The van der Waals surface area contributed by atoms with E-state index in [1.54, 1.807) is 6.33 Å². The van der Waals surface area contributed by atoms with Gasteiger partial charge in [0.05, 0.1) is 27.0 Å². The highest BCUT2D eigenvalue weighted by Gasteiger charge is 2.34. The monoisotopic (exact) mass is 559 g/mol. The Balaban J connectivity index is 1.03. The molecule has 2 atom stereocenters. The first kappa shape index (κ1) is 26.4. The molecule has 2 fully saturated rings. The first-order valence-corrected chi connectivity index (χ1v) is 14.2. The molecule has 2 N–H and O–H groups in total. The number of nitrogens with zero attached hydrogens (tertiary/aromatic N) is 5. The molecule has 2 aliphatic rings. The van der Waals surface area contributed by atoms with E-state index in [0.29, 0.717) is 41.3 Å². The zero-order valence-electron chi connectivity index (χ0n) is 21.9. The average molecular weight is 560 g/mol. The zero-order valence-corrected chi connectivity index (χ0v) is 22.7. The maximum atomic E-state index is 13.2. The maximum absolute atomic E-state index is 13.2. The van der Waals surface area contributed by atoms with Crippen LogP contribution in [-0.2, 0) is 12.6 Å². The molecular weight excluding hydrogens is 527 g/mol. The van der Waals surface area contributed by atoms with Crippen molar-refractivity contribution in [3.05, 3.63) is 47.1 Å². The fourth-order valence-electron chi connectivity index (χ4n) is 5.96. The van der Waals surface area contributed by atoms with Crippen LogP contribution in [0.4, 0.5) is 19.0 Å². The zero-order chi connectivity index (χ0) is 27.1. The van der Waals surface area contributed by atoms with E-state index < -0.39 is 11.7 Å². The molecule has 4 aromatic rings. The molecule has 0 spiro atoms. The molecule has 208 valence electrons. The van der Waals surface area contributed by atoms with Gasteiger partial charge >= 0.3 is 6.18 Å². The number of H-pyrrole nitrogens is 1. The molecule has 2 aliphatic carbocycles. The fourth-order valence-corrected chi connectivity index (χ4v) is 6.22. The van der Waals surface area contributed by atoms with Crippen LogP contribution in [0.15, 0.2) is 30.7 Å². The van der Waals surface area contributed by atoms with Gasteiger partial charge in [-0.3, -0.25) is 0 Å². The van der Waals surface area contributed by atoms with Gasteiger partial charge in [0.15, 0.2) is 0 Å². The molecule has 1 aromatic carbocycles. The number of unbranched alkanes of at least 4 members (excludes halogenated alkanes) is 1. The SMILES string of the molecule is CN(CCCCc1nc2cc(Cl)c(C(F)(F)F)cc2[nH]1)C[C@@H]1CCCC1n1ccc2c(NC3CC3)ncnc21. The molecule has 1 unspecified atom stereocenters. The molecule has 0 aliphatic heterocycles. The molecule has 2 saturated carbocycles. The third-order valence-electron chi connectivity index (χ3n) is 8.08. The lowest BCUT2D eigenvalue weighted by Crippen LogP contribution is -2.29. The normalized spacial score (nSPS) is 20.1. The molecule has 0 saturated heterocycles. The Morgan fingerprint density at radius 1 is 1.15 bits per heavy atom. The minimum Gasteiger partial charge on any atom is -0.367 e. The van der Waals surface area contributed by atoms with E-state index in [4.69, 9.17) is 11.6 Å². The molecule has 7 nitrogen and oxygen atoms in total. The number of hydrogen-bond donors (Lipinski definition) is 2. The Morgan fingerprint density at radius 2 is 2.00 bits per heavy atom. The van der Waals surface area contributed by atoms with Crippen molar-refractivity contribution in [3.63, 3.8) is 0 Å². The lowest BCUT2D eigenvalue weighted by molar-refractivity contribution is -0.137. The second-order valence-electron chi connectivity index (χ2n) is 11.1. The van der Waals surface area contributed by atoms with Gasteiger partial charge in [0.2, 0.25) is 0 Å². The van der Waals surface area contributed by atoms with Crippen LogP contribution < -0.4 is 5.32 Å². The van der Waals surface area contributed by atoms with Crippen LogP contribution in [0.1, 0.15) is 62.4 Å². The Labute approximate surface area is 230 Å². The molecule has 39 heavy (non-hydrogen) atoms. The second kappa shape index (κ2) is 10.6. The van der Waals surface area contributed by atoms with E-state index in [2.05, 4.69) is 54.0 Å². The lowest BCUT2D eigenvalue weighted by Gasteiger charge is -2.27. The van der Waals surface area contributed by atoms with Crippen LogP contribution in [0, 0.1) is 5.92 Å². The second-order valence-corrected chi connectivity index (χ2v) is 11.5. The third kappa shape index (κ3) is 5.72. The van der Waals surface area contributed by atoms with E-state index in [9.17, 15) is 13.2 Å². The predicted octanol–water partition coefficient (Wildman–Crippen LogP) is 6.85. The highest BCUT2D eigenvalue weighted by molar-refractivity contribution is 6.32. The van der Waals surface area contributed by atoms with Crippen molar-refractivity contribution < 1.29 is 13.2 Å². The van der Waals surface area contributed by atoms with Gasteiger partial charge in [-0.2, -0.15) is 13.2 Å². The number of aromatic amines is 1. The number of aryl methyl sites for hydroxylation is 1. The summed E-state index contributed by atoms with van der Waals surface area (Å²) in [6.07, 6.45) is 7.91. The fraction of sp³-hybridized carbons (Fsp3) is 0.536. The van der Waals surface area contributed by atoms with Gasteiger partial charge in [0.25, 0.3) is 0 Å². The summed E-state index contributed by atoms with van der Waals surface area (Å²) in [7, 11) is 2.17.